The third kappa shape index (κ3) is 5.35. The molecular formula is C21H23FN4O2S. The summed E-state index contributed by atoms with van der Waals surface area (Å²) in [6.45, 7) is 6.10. The molecule has 0 fully saturated rings. The molecule has 1 aromatic heterocycles. The molecule has 3 aromatic rings. The first-order valence-electron chi connectivity index (χ1n) is 9.10. The van der Waals surface area contributed by atoms with Crippen molar-refractivity contribution in [3.05, 3.63) is 64.7 Å². The second-order valence-corrected chi connectivity index (χ2v) is 7.75. The molecule has 0 unspecified atom stereocenters. The molecule has 1 heterocycles. The van der Waals surface area contributed by atoms with Crippen LogP contribution >= 0.6 is 11.8 Å². The Morgan fingerprint density at radius 2 is 1.90 bits per heavy atom. The van der Waals surface area contributed by atoms with Crippen LogP contribution in [-0.2, 0) is 18.4 Å². The first-order chi connectivity index (χ1) is 13.8. The van der Waals surface area contributed by atoms with Gasteiger partial charge >= 0.3 is 0 Å². The van der Waals surface area contributed by atoms with E-state index in [9.17, 15) is 9.18 Å². The van der Waals surface area contributed by atoms with E-state index in [0.29, 0.717) is 16.7 Å². The lowest BCUT2D eigenvalue weighted by Crippen LogP contribution is -2.15. The molecule has 3 rings (SSSR count). The maximum Gasteiger partial charge on any atom is 0.234 e. The fraction of sp³-hybridized carbons (Fsp3) is 0.286. The molecule has 1 amide bonds. The number of nitrogens with zero attached hydrogens (tertiary/aromatic N) is 3. The van der Waals surface area contributed by atoms with E-state index in [4.69, 9.17) is 4.74 Å². The smallest absolute Gasteiger partial charge is 0.234 e. The van der Waals surface area contributed by atoms with Crippen LogP contribution in [0.15, 0.2) is 41.6 Å². The van der Waals surface area contributed by atoms with E-state index in [2.05, 4.69) is 15.5 Å². The predicted molar refractivity (Wildman–Crippen MR) is 112 cm³/mol. The minimum atomic E-state index is -0.389. The van der Waals surface area contributed by atoms with Crippen molar-refractivity contribution in [3.63, 3.8) is 0 Å². The summed E-state index contributed by atoms with van der Waals surface area (Å²) in [4.78, 5) is 12.2. The van der Waals surface area contributed by atoms with E-state index in [-0.39, 0.29) is 24.1 Å². The molecular weight excluding hydrogens is 391 g/mol. The molecule has 29 heavy (non-hydrogen) atoms. The summed E-state index contributed by atoms with van der Waals surface area (Å²) >= 11 is 1.26. The summed E-state index contributed by atoms with van der Waals surface area (Å²) in [5.41, 5.74) is 3.45. The van der Waals surface area contributed by atoms with Gasteiger partial charge in [-0.05, 0) is 55.7 Å². The van der Waals surface area contributed by atoms with E-state index >= 15 is 0 Å². The number of rotatable bonds is 7. The van der Waals surface area contributed by atoms with Crippen LogP contribution in [0, 0.1) is 26.6 Å². The molecule has 0 bridgehead atoms. The summed E-state index contributed by atoms with van der Waals surface area (Å²) in [5, 5.41) is 11.6. The number of carbonyl (C=O) groups excluding carboxylic acids is 1. The number of nitrogens with one attached hydrogen (secondary N) is 1. The summed E-state index contributed by atoms with van der Waals surface area (Å²) in [5.74, 6) is 0.988. The number of benzene rings is 2. The van der Waals surface area contributed by atoms with Crippen molar-refractivity contribution in [1.82, 2.24) is 14.8 Å². The van der Waals surface area contributed by atoms with Gasteiger partial charge in [-0.1, -0.05) is 30.0 Å². The number of thioether (sulfide) groups is 1. The molecule has 0 spiro atoms. The van der Waals surface area contributed by atoms with Crippen molar-refractivity contribution in [3.8, 4) is 5.75 Å². The van der Waals surface area contributed by atoms with Crippen LogP contribution in [-0.4, -0.2) is 26.4 Å². The Kier molecular flexibility index (Phi) is 6.53. The monoisotopic (exact) mass is 414 g/mol. The van der Waals surface area contributed by atoms with Crippen molar-refractivity contribution in [2.75, 3.05) is 11.1 Å². The van der Waals surface area contributed by atoms with Gasteiger partial charge in [-0.2, -0.15) is 0 Å². The van der Waals surface area contributed by atoms with Crippen molar-refractivity contribution < 1.29 is 13.9 Å². The van der Waals surface area contributed by atoms with Gasteiger partial charge in [0.05, 0.1) is 5.75 Å². The van der Waals surface area contributed by atoms with Crippen molar-refractivity contribution in [2.45, 2.75) is 32.5 Å². The molecule has 0 aliphatic rings. The van der Waals surface area contributed by atoms with Crippen LogP contribution < -0.4 is 10.1 Å². The average Bonchev–Trinajstić information content (AvgIpc) is 3.03. The summed E-state index contributed by atoms with van der Waals surface area (Å²) in [6, 6.07) is 10.3. The van der Waals surface area contributed by atoms with Gasteiger partial charge in [-0.25, -0.2) is 4.39 Å². The van der Waals surface area contributed by atoms with Gasteiger partial charge in [0.2, 0.25) is 5.91 Å². The lowest BCUT2D eigenvalue weighted by atomic mass is 10.1. The van der Waals surface area contributed by atoms with E-state index in [1.54, 1.807) is 10.6 Å². The van der Waals surface area contributed by atoms with Crippen LogP contribution in [0.25, 0.3) is 0 Å². The molecule has 0 aliphatic heterocycles. The molecule has 2 aromatic carbocycles. The maximum absolute atomic E-state index is 13.4. The third-order valence-electron chi connectivity index (χ3n) is 4.43. The van der Waals surface area contributed by atoms with Gasteiger partial charge in [-0.15, -0.1) is 10.2 Å². The molecule has 1 N–H and O–H groups in total. The number of amides is 1. The maximum atomic E-state index is 13.4. The number of aromatic nitrogens is 3. The van der Waals surface area contributed by atoms with Gasteiger partial charge in [-0.3, -0.25) is 4.79 Å². The zero-order valence-electron chi connectivity index (χ0n) is 16.8. The molecule has 0 saturated carbocycles. The minimum absolute atomic E-state index is 0.139. The molecule has 0 saturated heterocycles. The Labute approximate surface area is 173 Å². The number of hydrogen-bond donors (Lipinski definition) is 1. The fourth-order valence-electron chi connectivity index (χ4n) is 2.65. The molecule has 0 radical (unpaired) electrons. The minimum Gasteiger partial charge on any atom is -0.485 e. The highest BCUT2D eigenvalue weighted by Gasteiger charge is 2.13. The number of ether oxygens (including phenoxy) is 1. The summed E-state index contributed by atoms with van der Waals surface area (Å²) in [6.07, 6.45) is 0. The first-order valence-corrected chi connectivity index (χ1v) is 10.1. The topological polar surface area (TPSA) is 69.0 Å². The van der Waals surface area contributed by atoms with Crippen LogP contribution in [0.3, 0.4) is 0 Å². The highest BCUT2D eigenvalue weighted by molar-refractivity contribution is 7.99. The standard InChI is InChI=1S/C21H23FN4O2S/c1-13-5-6-15(3)18(9-13)28-11-19-24-25-21(26(19)4)29-12-20(27)23-17-10-16(22)8-7-14(17)2/h5-10H,11-12H2,1-4H3,(H,23,27). The van der Waals surface area contributed by atoms with Gasteiger partial charge in [0.15, 0.2) is 11.0 Å². The second-order valence-electron chi connectivity index (χ2n) is 6.81. The Bertz CT molecular complexity index is 1040. The van der Waals surface area contributed by atoms with E-state index < -0.39 is 0 Å². The average molecular weight is 415 g/mol. The lowest BCUT2D eigenvalue weighted by molar-refractivity contribution is -0.113. The van der Waals surface area contributed by atoms with Gasteiger partial charge in [0.1, 0.15) is 18.2 Å². The zero-order chi connectivity index (χ0) is 21.0. The number of hydrogen-bond acceptors (Lipinski definition) is 5. The zero-order valence-corrected chi connectivity index (χ0v) is 17.6. The summed E-state index contributed by atoms with van der Waals surface area (Å²) < 4.78 is 21.0. The Morgan fingerprint density at radius 1 is 1.14 bits per heavy atom. The molecule has 6 nitrogen and oxygen atoms in total. The second kappa shape index (κ2) is 9.09. The van der Waals surface area contributed by atoms with Gasteiger partial charge < -0.3 is 14.6 Å². The molecule has 0 aliphatic carbocycles. The SMILES string of the molecule is Cc1ccc(C)c(OCc2nnc(SCC(=O)Nc3cc(F)ccc3C)n2C)c1. The van der Waals surface area contributed by atoms with Crippen molar-refractivity contribution in [2.24, 2.45) is 7.05 Å². The Balaban J connectivity index is 1.57. The fourth-order valence-corrected chi connectivity index (χ4v) is 3.38. The first kappa shape index (κ1) is 20.9. The van der Waals surface area contributed by atoms with E-state index in [1.807, 2.05) is 46.0 Å². The highest BCUT2D eigenvalue weighted by atomic mass is 32.2. The number of anilines is 1. The highest BCUT2D eigenvalue weighted by Crippen LogP contribution is 2.22. The predicted octanol–water partition coefficient (Wildman–Crippen LogP) is 4.19. The molecule has 152 valence electrons. The number of aryl methyl sites for hydroxylation is 3. The van der Waals surface area contributed by atoms with E-state index in [1.165, 1.54) is 23.9 Å². The normalized spacial score (nSPS) is 10.8. The quantitative estimate of drug-likeness (QED) is 0.587. The number of carbonyl (C=O) groups is 1. The van der Waals surface area contributed by atoms with Crippen LogP contribution in [0.4, 0.5) is 10.1 Å². The van der Waals surface area contributed by atoms with E-state index in [0.717, 1.165) is 22.4 Å². The van der Waals surface area contributed by atoms with Crippen LogP contribution in [0.2, 0.25) is 0 Å². The Morgan fingerprint density at radius 3 is 2.69 bits per heavy atom. The Hall–Kier alpha value is -2.87. The lowest BCUT2D eigenvalue weighted by Gasteiger charge is -2.10. The van der Waals surface area contributed by atoms with Crippen molar-refractivity contribution >= 4 is 23.4 Å². The molecule has 0 atom stereocenters. The van der Waals surface area contributed by atoms with Crippen LogP contribution in [0.5, 0.6) is 5.75 Å². The van der Waals surface area contributed by atoms with Crippen LogP contribution in [0.1, 0.15) is 22.5 Å². The number of halogens is 1. The largest absolute Gasteiger partial charge is 0.485 e. The van der Waals surface area contributed by atoms with Gasteiger partial charge in [0.25, 0.3) is 0 Å². The molecule has 8 heteroatoms. The van der Waals surface area contributed by atoms with Crippen molar-refractivity contribution in [1.29, 1.82) is 0 Å². The van der Waals surface area contributed by atoms with Gasteiger partial charge in [0, 0.05) is 12.7 Å². The third-order valence-corrected chi connectivity index (χ3v) is 5.45. The summed E-state index contributed by atoms with van der Waals surface area (Å²) in [7, 11) is 1.83.